The Morgan fingerprint density at radius 2 is 1.90 bits per heavy atom. The number of hydrogen-bond donors (Lipinski definition) is 1. The van der Waals surface area contributed by atoms with Crippen molar-refractivity contribution < 1.29 is 28.9 Å². The van der Waals surface area contributed by atoms with Crippen molar-refractivity contribution in [1.29, 1.82) is 0 Å². The number of phenols is 1. The van der Waals surface area contributed by atoms with Gasteiger partial charge in [0, 0.05) is 26.3 Å². The summed E-state index contributed by atoms with van der Waals surface area (Å²) in [5.74, 6) is -2.33. The van der Waals surface area contributed by atoms with Gasteiger partial charge < -0.3 is 19.3 Å². The first kappa shape index (κ1) is 12.8. The summed E-state index contributed by atoms with van der Waals surface area (Å²) in [7, 11) is 0. The van der Waals surface area contributed by atoms with Crippen LogP contribution in [0.4, 0.5) is 0 Å². The molecule has 0 unspecified atom stereocenters. The molecule has 1 atom stereocenters. The largest absolute Gasteiger partial charge is 0.507 e. The van der Waals surface area contributed by atoms with Crippen LogP contribution in [0.25, 0.3) is 0 Å². The first-order valence-corrected chi connectivity index (χ1v) is 6.30. The average molecular weight is 278 g/mol. The molecule has 20 heavy (non-hydrogen) atoms. The fraction of sp³-hybridized carbons (Fsp3) is 0.429. The van der Waals surface area contributed by atoms with E-state index in [4.69, 9.17) is 14.2 Å². The van der Waals surface area contributed by atoms with E-state index in [1.807, 2.05) is 0 Å². The molecule has 0 amide bonds. The molecule has 1 aromatic rings. The summed E-state index contributed by atoms with van der Waals surface area (Å²) < 4.78 is 15.8. The molecule has 2 heterocycles. The lowest BCUT2D eigenvalue weighted by Crippen LogP contribution is -2.40. The maximum Gasteiger partial charge on any atom is 0.345 e. The highest BCUT2D eigenvalue weighted by Gasteiger charge is 2.40. The molecule has 0 saturated carbocycles. The predicted octanol–water partition coefficient (Wildman–Crippen LogP) is 1.78. The lowest BCUT2D eigenvalue weighted by atomic mass is 9.92. The molecule has 0 bridgehead atoms. The molecule has 0 radical (unpaired) electrons. The summed E-state index contributed by atoms with van der Waals surface area (Å²) >= 11 is 0. The Kier molecular flexibility index (Phi) is 2.48. The van der Waals surface area contributed by atoms with Gasteiger partial charge in [-0.1, -0.05) is 0 Å². The van der Waals surface area contributed by atoms with Gasteiger partial charge in [-0.25, -0.2) is 9.59 Å². The van der Waals surface area contributed by atoms with Crippen LogP contribution in [0.3, 0.4) is 0 Å². The number of hydrogen-bond acceptors (Lipinski definition) is 6. The first-order chi connectivity index (χ1) is 9.28. The number of esters is 2. The molecular formula is C14H14O6. The third-order valence-electron chi connectivity index (χ3n) is 3.28. The number of ether oxygens (including phenoxy) is 3. The fourth-order valence-corrected chi connectivity index (χ4v) is 2.56. The number of phenolic OH excluding ortho intramolecular Hbond substituents is 1. The van der Waals surface area contributed by atoms with Crippen molar-refractivity contribution in [2.75, 3.05) is 0 Å². The predicted molar refractivity (Wildman–Crippen MR) is 66.8 cm³/mol. The highest BCUT2D eigenvalue weighted by molar-refractivity contribution is 6.03. The molecular weight excluding hydrogens is 264 g/mol. The van der Waals surface area contributed by atoms with Gasteiger partial charge in [-0.2, -0.15) is 0 Å². The number of carbonyl (C=O) groups is 2. The van der Waals surface area contributed by atoms with Crippen LogP contribution in [0.5, 0.6) is 11.5 Å². The van der Waals surface area contributed by atoms with E-state index in [0.29, 0.717) is 12.0 Å². The van der Waals surface area contributed by atoms with E-state index in [9.17, 15) is 14.7 Å². The number of carbonyl (C=O) groups excluding carboxylic acids is 2. The van der Waals surface area contributed by atoms with Crippen molar-refractivity contribution in [3.8, 4) is 11.5 Å². The highest BCUT2D eigenvalue weighted by atomic mass is 16.7. The maximum atomic E-state index is 12.2. The van der Waals surface area contributed by atoms with Crippen LogP contribution < -0.4 is 4.74 Å². The van der Waals surface area contributed by atoms with Crippen molar-refractivity contribution in [3.05, 3.63) is 22.8 Å². The Morgan fingerprint density at radius 3 is 2.60 bits per heavy atom. The molecule has 2 aliphatic rings. The second-order valence-electron chi connectivity index (χ2n) is 5.43. The van der Waals surface area contributed by atoms with Crippen molar-refractivity contribution in [3.63, 3.8) is 0 Å². The minimum atomic E-state index is -1.11. The van der Waals surface area contributed by atoms with Gasteiger partial charge in [-0.15, -0.1) is 0 Å². The fourth-order valence-electron chi connectivity index (χ4n) is 2.56. The van der Waals surface area contributed by atoms with Gasteiger partial charge >= 0.3 is 11.9 Å². The van der Waals surface area contributed by atoms with Gasteiger partial charge in [0.1, 0.15) is 28.7 Å². The normalized spacial score (nSPS) is 23.1. The number of cyclic esters (lactones) is 2. The van der Waals surface area contributed by atoms with Crippen molar-refractivity contribution in [2.45, 2.75) is 39.1 Å². The Bertz CT molecular complexity index is 631. The van der Waals surface area contributed by atoms with Crippen molar-refractivity contribution >= 4 is 11.9 Å². The number of aromatic hydroxyl groups is 1. The van der Waals surface area contributed by atoms with Gasteiger partial charge in [0.2, 0.25) is 5.79 Å². The van der Waals surface area contributed by atoms with Crippen LogP contribution in [0.2, 0.25) is 0 Å². The van der Waals surface area contributed by atoms with Gasteiger partial charge in [0.15, 0.2) is 0 Å². The molecule has 2 aliphatic heterocycles. The molecule has 0 aliphatic carbocycles. The van der Waals surface area contributed by atoms with Gasteiger partial charge in [0.25, 0.3) is 0 Å². The monoisotopic (exact) mass is 278 g/mol. The van der Waals surface area contributed by atoms with E-state index >= 15 is 0 Å². The third-order valence-corrected chi connectivity index (χ3v) is 3.28. The van der Waals surface area contributed by atoms with E-state index in [-0.39, 0.29) is 28.7 Å². The van der Waals surface area contributed by atoms with E-state index in [1.54, 1.807) is 20.8 Å². The number of rotatable bonds is 0. The average Bonchev–Trinajstić information content (AvgIpc) is 2.24. The molecule has 3 rings (SSSR count). The molecule has 6 nitrogen and oxygen atoms in total. The minimum absolute atomic E-state index is 0.0158. The summed E-state index contributed by atoms with van der Waals surface area (Å²) in [6.07, 6.45) is -0.0416. The topological polar surface area (TPSA) is 82.1 Å². The Hall–Kier alpha value is -2.24. The summed E-state index contributed by atoms with van der Waals surface area (Å²) in [6.45, 7) is 4.92. The van der Waals surface area contributed by atoms with Crippen molar-refractivity contribution in [2.24, 2.45) is 0 Å². The second-order valence-corrected chi connectivity index (χ2v) is 5.43. The Labute approximate surface area is 115 Å². The molecule has 0 fully saturated rings. The number of fused-ring (bicyclic) bond motifs is 3. The van der Waals surface area contributed by atoms with Crippen LogP contribution in [-0.4, -0.2) is 28.9 Å². The van der Waals surface area contributed by atoms with E-state index < -0.39 is 17.7 Å². The number of benzene rings is 1. The van der Waals surface area contributed by atoms with E-state index in [2.05, 4.69) is 0 Å². The zero-order chi connectivity index (χ0) is 14.7. The van der Waals surface area contributed by atoms with Crippen LogP contribution in [-0.2, 0) is 15.9 Å². The molecule has 106 valence electrons. The molecule has 0 aromatic heterocycles. The van der Waals surface area contributed by atoms with Gasteiger partial charge in [-0.3, -0.25) is 0 Å². The Morgan fingerprint density at radius 1 is 1.20 bits per heavy atom. The van der Waals surface area contributed by atoms with Crippen LogP contribution in [0.1, 0.15) is 47.1 Å². The van der Waals surface area contributed by atoms with Crippen LogP contribution in [0.15, 0.2) is 6.07 Å². The maximum absolute atomic E-state index is 12.2. The van der Waals surface area contributed by atoms with Gasteiger partial charge in [-0.05, 0) is 12.5 Å². The zero-order valence-corrected chi connectivity index (χ0v) is 11.4. The summed E-state index contributed by atoms with van der Waals surface area (Å²) in [6, 6.07) is 1.26. The molecule has 0 spiro atoms. The summed E-state index contributed by atoms with van der Waals surface area (Å²) in [5.41, 5.74) is 0.631. The highest BCUT2D eigenvalue weighted by Crippen LogP contribution is 2.41. The standard InChI is InChI=1S/C14H14O6/c1-6-4-7-10(12(16)18-6)8(15)5-9-11(7)13(17)20-14(2,3)19-9/h5-6,15H,4H2,1-3H3/t6-/m1/s1. The van der Waals surface area contributed by atoms with Crippen LogP contribution in [0, 0.1) is 0 Å². The smallest absolute Gasteiger partial charge is 0.345 e. The quantitative estimate of drug-likeness (QED) is 0.728. The third kappa shape index (κ3) is 1.79. The zero-order valence-electron chi connectivity index (χ0n) is 11.4. The summed E-state index contributed by atoms with van der Waals surface area (Å²) in [4.78, 5) is 24.0. The second kappa shape index (κ2) is 3.88. The van der Waals surface area contributed by atoms with Crippen LogP contribution >= 0.6 is 0 Å². The molecule has 1 N–H and O–H groups in total. The van der Waals surface area contributed by atoms with Gasteiger partial charge in [0.05, 0.1) is 0 Å². The Balaban J connectivity index is 2.25. The molecule has 0 saturated heterocycles. The summed E-state index contributed by atoms with van der Waals surface area (Å²) in [5, 5.41) is 9.99. The van der Waals surface area contributed by atoms with E-state index in [0.717, 1.165) is 0 Å². The minimum Gasteiger partial charge on any atom is -0.507 e. The lowest BCUT2D eigenvalue weighted by molar-refractivity contribution is -0.127. The van der Waals surface area contributed by atoms with Crippen molar-refractivity contribution in [1.82, 2.24) is 0 Å². The first-order valence-electron chi connectivity index (χ1n) is 6.30. The lowest BCUT2D eigenvalue weighted by Gasteiger charge is -2.34. The molecule has 6 heteroatoms. The molecule has 1 aromatic carbocycles. The van der Waals surface area contributed by atoms with E-state index in [1.165, 1.54) is 6.07 Å². The SMILES string of the molecule is C[C@@H]1Cc2c(c(O)cc3c2C(=O)OC(C)(C)O3)C(=O)O1.